The molecule has 208 valence electrons. The number of piperidine rings is 1. The zero-order chi connectivity index (χ0) is 27.8. The number of hydrogen-bond acceptors (Lipinski definition) is 4. The Bertz CT molecular complexity index is 1260. The van der Waals surface area contributed by atoms with E-state index in [1.807, 2.05) is 59.5 Å². The van der Waals surface area contributed by atoms with Crippen LogP contribution in [-0.4, -0.2) is 42.7 Å². The molecule has 1 amide bonds. The lowest BCUT2D eigenvalue weighted by atomic mass is 9.72. The summed E-state index contributed by atoms with van der Waals surface area (Å²) in [6.07, 6.45) is 4.32. The number of benzene rings is 3. The molecule has 4 rings (SSSR count). The van der Waals surface area contributed by atoms with Crippen LogP contribution in [-0.2, 0) is 23.3 Å². The molecule has 1 aliphatic rings. The molecular formula is C33H41FN2O3. The van der Waals surface area contributed by atoms with Crippen molar-refractivity contribution in [1.82, 2.24) is 4.90 Å². The largest absolute Gasteiger partial charge is 0.385 e. The van der Waals surface area contributed by atoms with Gasteiger partial charge in [-0.3, -0.25) is 4.79 Å². The smallest absolute Gasteiger partial charge is 0.253 e. The molecule has 1 heterocycles. The Morgan fingerprint density at radius 2 is 1.87 bits per heavy atom. The monoisotopic (exact) mass is 532 g/mol. The van der Waals surface area contributed by atoms with E-state index in [-0.39, 0.29) is 17.6 Å². The van der Waals surface area contributed by atoms with Crippen LogP contribution in [0.5, 0.6) is 0 Å². The molecule has 0 saturated carbocycles. The number of ether oxygens (including phenoxy) is 1. The molecule has 0 bridgehead atoms. The summed E-state index contributed by atoms with van der Waals surface area (Å²) in [4.78, 5) is 15.4. The van der Waals surface area contributed by atoms with E-state index >= 15 is 4.39 Å². The molecule has 0 spiro atoms. The maximum Gasteiger partial charge on any atom is 0.253 e. The van der Waals surface area contributed by atoms with Crippen LogP contribution >= 0.6 is 0 Å². The number of likely N-dealkylation sites (tertiary alicyclic amines) is 1. The molecule has 5 nitrogen and oxygen atoms in total. The highest BCUT2D eigenvalue weighted by atomic mass is 19.1. The number of hydrogen-bond donors (Lipinski definition) is 2. The van der Waals surface area contributed by atoms with Crippen molar-refractivity contribution in [2.24, 2.45) is 11.7 Å². The fourth-order valence-corrected chi connectivity index (χ4v) is 5.89. The summed E-state index contributed by atoms with van der Waals surface area (Å²) in [7, 11) is 1.67. The van der Waals surface area contributed by atoms with Gasteiger partial charge in [0.1, 0.15) is 5.82 Å². The zero-order valence-corrected chi connectivity index (χ0v) is 23.2. The van der Waals surface area contributed by atoms with Crippen molar-refractivity contribution < 1.29 is 19.0 Å². The number of halogens is 1. The number of unbranched alkanes of at least 4 members (excludes halogenated alkanes) is 1. The van der Waals surface area contributed by atoms with E-state index in [2.05, 4.69) is 6.92 Å². The van der Waals surface area contributed by atoms with Crippen molar-refractivity contribution in [1.29, 1.82) is 0 Å². The molecule has 3 aromatic rings. The minimum Gasteiger partial charge on any atom is -0.385 e. The number of carbonyl (C=O) groups is 1. The second kappa shape index (κ2) is 13.3. The van der Waals surface area contributed by atoms with Gasteiger partial charge in [0.25, 0.3) is 5.91 Å². The SMILES string of the molecule is CCc1cccc(-c2c(F)cccc2[C@](O)(CCCCOC)[C@@H]2CCCN(C(=O)c3cccc(CN)c3)C2)c1. The third-order valence-corrected chi connectivity index (χ3v) is 8.05. The molecule has 0 unspecified atom stereocenters. The Balaban J connectivity index is 1.72. The van der Waals surface area contributed by atoms with Crippen LogP contribution in [0.1, 0.15) is 66.1 Å². The number of methoxy groups -OCH3 is 1. The summed E-state index contributed by atoms with van der Waals surface area (Å²) in [6, 6.07) is 20.3. The van der Waals surface area contributed by atoms with Gasteiger partial charge in [-0.15, -0.1) is 0 Å². The van der Waals surface area contributed by atoms with Gasteiger partial charge in [0.15, 0.2) is 0 Å². The predicted molar refractivity (Wildman–Crippen MR) is 154 cm³/mol. The Morgan fingerprint density at radius 3 is 2.64 bits per heavy atom. The van der Waals surface area contributed by atoms with Crippen LogP contribution in [0.3, 0.4) is 0 Å². The lowest BCUT2D eigenvalue weighted by Gasteiger charge is -2.43. The fourth-order valence-electron chi connectivity index (χ4n) is 5.89. The molecule has 0 radical (unpaired) electrons. The topological polar surface area (TPSA) is 75.8 Å². The first kappa shape index (κ1) is 28.9. The fraction of sp³-hybridized carbons (Fsp3) is 0.424. The highest BCUT2D eigenvalue weighted by molar-refractivity contribution is 5.94. The van der Waals surface area contributed by atoms with E-state index in [1.54, 1.807) is 13.2 Å². The minimum absolute atomic E-state index is 0.0631. The Morgan fingerprint density at radius 1 is 1.10 bits per heavy atom. The average molecular weight is 533 g/mol. The van der Waals surface area contributed by atoms with Gasteiger partial charge in [0.2, 0.25) is 0 Å². The average Bonchev–Trinajstić information content (AvgIpc) is 2.98. The first-order valence-corrected chi connectivity index (χ1v) is 14.1. The Kier molecular flexibility index (Phi) is 9.89. The summed E-state index contributed by atoms with van der Waals surface area (Å²) < 4.78 is 20.9. The van der Waals surface area contributed by atoms with Crippen molar-refractivity contribution in [3.8, 4) is 11.1 Å². The molecule has 0 aromatic heterocycles. The van der Waals surface area contributed by atoms with Gasteiger partial charge in [-0.25, -0.2) is 4.39 Å². The maximum absolute atomic E-state index is 15.6. The van der Waals surface area contributed by atoms with E-state index in [4.69, 9.17) is 10.5 Å². The number of rotatable bonds is 11. The molecular weight excluding hydrogens is 491 g/mol. The van der Waals surface area contributed by atoms with Gasteiger partial charge >= 0.3 is 0 Å². The lowest BCUT2D eigenvalue weighted by Crippen LogP contribution is -2.48. The first-order chi connectivity index (χ1) is 18.9. The second-order valence-corrected chi connectivity index (χ2v) is 10.6. The predicted octanol–water partition coefficient (Wildman–Crippen LogP) is 6.07. The molecule has 3 aromatic carbocycles. The summed E-state index contributed by atoms with van der Waals surface area (Å²) >= 11 is 0. The number of amides is 1. The molecule has 3 N–H and O–H groups in total. The van der Waals surface area contributed by atoms with Crippen LogP contribution < -0.4 is 5.73 Å². The quantitative estimate of drug-likeness (QED) is 0.294. The van der Waals surface area contributed by atoms with Crippen LogP contribution in [0.25, 0.3) is 11.1 Å². The van der Waals surface area contributed by atoms with E-state index in [1.165, 1.54) is 6.07 Å². The Labute approximate surface area is 231 Å². The number of carbonyl (C=O) groups excluding carboxylic acids is 1. The number of nitrogens with zero attached hydrogens (tertiary/aromatic N) is 1. The van der Waals surface area contributed by atoms with Crippen LogP contribution in [0.4, 0.5) is 4.39 Å². The van der Waals surface area contributed by atoms with E-state index in [9.17, 15) is 9.90 Å². The molecule has 0 aliphatic carbocycles. The maximum atomic E-state index is 15.6. The highest BCUT2D eigenvalue weighted by Crippen LogP contribution is 2.44. The van der Waals surface area contributed by atoms with Gasteiger partial charge in [0.05, 0.1) is 5.60 Å². The summed E-state index contributed by atoms with van der Waals surface area (Å²) in [5.74, 6) is -0.657. The Hall–Kier alpha value is -3.06. The second-order valence-electron chi connectivity index (χ2n) is 10.6. The van der Waals surface area contributed by atoms with Crippen LogP contribution in [0.15, 0.2) is 66.7 Å². The van der Waals surface area contributed by atoms with Crippen LogP contribution in [0, 0.1) is 11.7 Å². The van der Waals surface area contributed by atoms with E-state index < -0.39 is 5.60 Å². The van der Waals surface area contributed by atoms with Crippen molar-refractivity contribution in [2.75, 3.05) is 26.8 Å². The van der Waals surface area contributed by atoms with E-state index in [0.717, 1.165) is 48.8 Å². The summed E-state index contributed by atoms with van der Waals surface area (Å²) in [6.45, 7) is 4.06. The van der Waals surface area contributed by atoms with Gasteiger partial charge in [-0.05, 0) is 79.0 Å². The van der Waals surface area contributed by atoms with Gasteiger partial charge in [-0.1, -0.05) is 55.5 Å². The zero-order valence-electron chi connectivity index (χ0n) is 23.2. The van der Waals surface area contributed by atoms with Crippen molar-refractivity contribution in [2.45, 2.75) is 57.6 Å². The molecule has 1 fully saturated rings. The van der Waals surface area contributed by atoms with Gasteiger partial charge in [0, 0.05) is 50.4 Å². The molecule has 6 heteroatoms. The third-order valence-electron chi connectivity index (χ3n) is 8.05. The van der Waals surface area contributed by atoms with Crippen molar-refractivity contribution >= 4 is 5.91 Å². The molecule has 1 aliphatic heterocycles. The number of aryl methyl sites for hydroxylation is 1. The molecule has 2 atom stereocenters. The van der Waals surface area contributed by atoms with Gasteiger partial charge in [-0.2, -0.15) is 0 Å². The lowest BCUT2D eigenvalue weighted by molar-refractivity contribution is -0.0575. The highest BCUT2D eigenvalue weighted by Gasteiger charge is 2.43. The van der Waals surface area contributed by atoms with Crippen LogP contribution in [0.2, 0.25) is 0 Å². The summed E-state index contributed by atoms with van der Waals surface area (Å²) in [5, 5.41) is 12.6. The van der Waals surface area contributed by atoms with Crippen molar-refractivity contribution in [3.05, 3.63) is 94.8 Å². The molecule has 39 heavy (non-hydrogen) atoms. The molecule has 1 saturated heterocycles. The van der Waals surface area contributed by atoms with Crippen molar-refractivity contribution in [3.63, 3.8) is 0 Å². The number of aliphatic hydroxyl groups is 1. The summed E-state index contributed by atoms with van der Waals surface area (Å²) in [5.41, 5.74) is 8.91. The normalized spacial score (nSPS) is 17.2. The third kappa shape index (κ3) is 6.57. The number of nitrogens with two attached hydrogens (primary N) is 1. The van der Waals surface area contributed by atoms with Gasteiger partial charge < -0.3 is 20.5 Å². The minimum atomic E-state index is -1.31. The standard InChI is InChI=1S/C33H41FN2O3/c1-3-24-10-6-12-26(20-24)31-29(15-8-16-30(31)34)33(38,17-4-5-19-39-2)28-14-9-18-36(23-28)32(37)27-13-7-11-25(21-27)22-35/h6-8,10-13,15-16,20-21,28,38H,3-5,9,14,17-19,22-23,35H2,1-2H3/t28-,33+/m1/s1. The van der Waals surface area contributed by atoms with E-state index in [0.29, 0.717) is 49.4 Å². The first-order valence-electron chi connectivity index (χ1n) is 14.1.